The molecular formula is C44H43ClN12O4. The van der Waals surface area contributed by atoms with Gasteiger partial charge >= 0.3 is 0 Å². The molecular weight excluding hydrogens is 796 g/mol. The number of aliphatic imine (C=N–C) groups is 1. The van der Waals surface area contributed by atoms with E-state index in [0.29, 0.717) is 23.8 Å². The maximum atomic E-state index is 13.5. The molecule has 3 aromatic heterocycles. The van der Waals surface area contributed by atoms with E-state index in [1.165, 1.54) is 0 Å². The fourth-order valence-electron chi connectivity index (χ4n) is 8.36. The van der Waals surface area contributed by atoms with Crippen LogP contribution < -0.4 is 10.6 Å². The number of piperidine rings is 1. The number of nitrogens with zero attached hydrogens (tertiary/aromatic N) is 10. The molecule has 0 saturated carbocycles. The Morgan fingerprint density at radius 3 is 2.46 bits per heavy atom. The number of fused-ring (bicyclic) bond motifs is 4. The van der Waals surface area contributed by atoms with Gasteiger partial charge < -0.3 is 5.32 Å². The van der Waals surface area contributed by atoms with Crippen LogP contribution in [-0.4, -0.2) is 79.8 Å². The number of halogens is 1. The van der Waals surface area contributed by atoms with Gasteiger partial charge in [0.2, 0.25) is 11.8 Å². The first-order chi connectivity index (χ1) is 29.6. The SMILES string of the molecule is Cc1nnc2n1-c1ccc(-c3cnn(CCCCCCCn4nncc4CNc4cccc5c4C(=O)N(C4CCC(=O)NC4=O)C5=O)c3)cc1C(c1ccc(Cl)cc1)=N[C@H]2C. The molecule has 6 aromatic rings. The van der Waals surface area contributed by atoms with Gasteiger partial charge in [-0.05, 0) is 75.1 Å². The predicted octanol–water partition coefficient (Wildman–Crippen LogP) is 6.26. The maximum Gasteiger partial charge on any atom is 0.264 e. The van der Waals surface area contributed by atoms with Crippen molar-refractivity contribution in [3.05, 3.63) is 124 Å². The summed E-state index contributed by atoms with van der Waals surface area (Å²) >= 11 is 6.25. The van der Waals surface area contributed by atoms with Gasteiger partial charge in [-0.25, -0.2) is 4.68 Å². The lowest BCUT2D eigenvalue weighted by atomic mass is 9.96. The molecule has 1 unspecified atom stereocenters. The first-order valence-corrected chi connectivity index (χ1v) is 20.9. The summed E-state index contributed by atoms with van der Waals surface area (Å²) in [6, 6.07) is 18.0. The quantitative estimate of drug-likeness (QED) is 0.0937. The highest BCUT2D eigenvalue weighted by molar-refractivity contribution is 6.30. The molecule has 61 heavy (non-hydrogen) atoms. The van der Waals surface area contributed by atoms with Crippen molar-refractivity contribution in [3.8, 4) is 16.8 Å². The third kappa shape index (κ3) is 7.74. The standard InChI is InChI=1S/C44H43ClN12O4/c1-26-41-52-51-27(2)56(41)36-16-13-29(21-34(36)40(49-26)28-11-14-31(45)15-12-28)30-22-48-54(25-30)19-6-4-3-5-7-20-55-32(24-47-53-55)23-46-35-10-8-9-33-39(35)44(61)57(43(33)60)37-17-18-38(58)50-42(37)59/h8-16,21-22,24-26,37,46H,3-7,17-20,23H2,1-2H3,(H,50,58,59)/t26-,37?/m0/s1. The molecule has 3 aliphatic rings. The van der Waals surface area contributed by atoms with Crippen molar-refractivity contribution in [1.29, 1.82) is 0 Å². The molecule has 9 rings (SSSR count). The van der Waals surface area contributed by atoms with E-state index < -0.39 is 29.7 Å². The first-order valence-electron chi connectivity index (χ1n) is 20.5. The fourth-order valence-corrected chi connectivity index (χ4v) is 8.48. The number of amides is 4. The zero-order chi connectivity index (χ0) is 42.2. The Labute approximate surface area is 356 Å². The molecule has 0 aliphatic carbocycles. The molecule has 0 bridgehead atoms. The number of benzene rings is 3. The molecule has 0 spiro atoms. The van der Waals surface area contributed by atoms with Gasteiger partial charge in [0.15, 0.2) is 5.82 Å². The normalized spacial score (nSPS) is 17.2. The third-order valence-electron chi connectivity index (χ3n) is 11.5. The number of nitrogens with one attached hydrogen (secondary N) is 2. The Kier molecular flexibility index (Phi) is 10.8. The van der Waals surface area contributed by atoms with Gasteiger partial charge in [-0.3, -0.25) is 43.6 Å². The Bertz CT molecular complexity index is 2720. The Morgan fingerprint density at radius 1 is 0.852 bits per heavy atom. The first kappa shape index (κ1) is 39.6. The van der Waals surface area contributed by atoms with Crippen molar-refractivity contribution in [2.75, 3.05) is 5.32 Å². The molecule has 2 N–H and O–H groups in total. The van der Waals surface area contributed by atoms with Gasteiger partial charge in [0, 0.05) is 53.1 Å². The molecule has 0 radical (unpaired) electrons. The van der Waals surface area contributed by atoms with Crippen molar-refractivity contribution in [2.24, 2.45) is 4.99 Å². The van der Waals surface area contributed by atoms with Gasteiger partial charge in [-0.1, -0.05) is 60.3 Å². The number of rotatable bonds is 14. The molecule has 16 nitrogen and oxygen atoms in total. The van der Waals surface area contributed by atoms with E-state index in [0.717, 1.165) is 94.5 Å². The van der Waals surface area contributed by atoms with Crippen molar-refractivity contribution in [1.82, 2.24) is 49.8 Å². The number of imide groups is 2. The molecule has 3 aliphatic heterocycles. The molecule has 4 amide bonds. The minimum absolute atomic E-state index is 0.0631. The average Bonchev–Trinajstić information content (AvgIpc) is 4.05. The highest BCUT2D eigenvalue weighted by Crippen LogP contribution is 2.35. The van der Waals surface area contributed by atoms with Crippen LogP contribution in [-0.2, 0) is 29.2 Å². The lowest BCUT2D eigenvalue weighted by Crippen LogP contribution is -2.54. The molecule has 1 saturated heterocycles. The second-order valence-corrected chi connectivity index (χ2v) is 16.0. The van der Waals surface area contributed by atoms with Crippen LogP contribution >= 0.6 is 11.6 Å². The summed E-state index contributed by atoms with van der Waals surface area (Å²) in [5.41, 5.74) is 7.66. The minimum atomic E-state index is -1.02. The largest absolute Gasteiger partial charge is 0.379 e. The van der Waals surface area contributed by atoms with Crippen molar-refractivity contribution < 1.29 is 19.2 Å². The number of hydrogen-bond donors (Lipinski definition) is 2. The van der Waals surface area contributed by atoms with E-state index in [9.17, 15) is 19.2 Å². The highest BCUT2D eigenvalue weighted by atomic mass is 35.5. The molecule has 310 valence electrons. The Morgan fingerprint density at radius 2 is 1.64 bits per heavy atom. The van der Waals surface area contributed by atoms with E-state index in [1.807, 2.05) is 53.7 Å². The maximum absolute atomic E-state index is 13.5. The zero-order valence-corrected chi connectivity index (χ0v) is 34.5. The zero-order valence-electron chi connectivity index (χ0n) is 33.7. The predicted molar refractivity (Wildman–Crippen MR) is 226 cm³/mol. The van der Waals surface area contributed by atoms with Gasteiger partial charge in [-0.2, -0.15) is 5.10 Å². The van der Waals surface area contributed by atoms with E-state index >= 15 is 0 Å². The second-order valence-electron chi connectivity index (χ2n) is 15.6. The Hall–Kier alpha value is -6.81. The summed E-state index contributed by atoms with van der Waals surface area (Å²) in [6.07, 6.45) is 10.9. The van der Waals surface area contributed by atoms with Crippen molar-refractivity contribution in [2.45, 2.75) is 90.5 Å². The lowest BCUT2D eigenvalue weighted by Gasteiger charge is -2.27. The van der Waals surface area contributed by atoms with E-state index in [1.54, 1.807) is 24.4 Å². The van der Waals surface area contributed by atoms with Crippen LogP contribution in [0.1, 0.15) is 107 Å². The topological polar surface area (TPSA) is 187 Å². The molecule has 3 aromatic carbocycles. The summed E-state index contributed by atoms with van der Waals surface area (Å²) in [6.45, 7) is 5.83. The average molecular weight is 839 g/mol. The van der Waals surface area contributed by atoms with Crippen LogP contribution in [0, 0.1) is 6.92 Å². The second kappa shape index (κ2) is 16.7. The monoisotopic (exact) mass is 838 g/mol. The van der Waals surface area contributed by atoms with Crippen LogP contribution in [0.5, 0.6) is 0 Å². The molecule has 1 fully saturated rings. The molecule has 2 atom stereocenters. The van der Waals surface area contributed by atoms with E-state index in [-0.39, 0.29) is 30.0 Å². The molecule has 6 heterocycles. The number of carbonyl (C=O) groups excluding carboxylic acids is 4. The van der Waals surface area contributed by atoms with Crippen LogP contribution in [0.2, 0.25) is 5.02 Å². The van der Waals surface area contributed by atoms with Gasteiger partial charge in [0.1, 0.15) is 17.9 Å². The van der Waals surface area contributed by atoms with Gasteiger partial charge in [0.05, 0.1) is 47.2 Å². The number of aromatic nitrogens is 8. The number of anilines is 1. The van der Waals surface area contributed by atoms with Crippen LogP contribution in [0.25, 0.3) is 16.8 Å². The van der Waals surface area contributed by atoms with Crippen LogP contribution in [0.15, 0.2) is 84.2 Å². The highest BCUT2D eigenvalue weighted by Gasteiger charge is 2.45. The smallest absolute Gasteiger partial charge is 0.264 e. The van der Waals surface area contributed by atoms with Gasteiger partial charge in [0.25, 0.3) is 11.8 Å². The summed E-state index contributed by atoms with van der Waals surface area (Å²) in [7, 11) is 0. The number of hydrogen-bond acceptors (Lipinski definition) is 11. The van der Waals surface area contributed by atoms with Crippen molar-refractivity contribution >= 4 is 46.6 Å². The van der Waals surface area contributed by atoms with E-state index in [4.69, 9.17) is 21.7 Å². The van der Waals surface area contributed by atoms with Gasteiger partial charge in [-0.15, -0.1) is 15.3 Å². The van der Waals surface area contributed by atoms with Crippen LogP contribution in [0.4, 0.5) is 5.69 Å². The lowest BCUT2D eigenvalue weighted by molar-refractivity contribution is -0.136. The van der Waals surface area contributed by atoms with E-state index in [2.05, 4.69) is 60.1 Å². The minimum Gasteiger partial charge on any atom is -0.379 e. The summed E-state index contributed by atoms with van der Waals surface area (Å²) in [5, 5.41) is 28.1. The number of aryl methyl sites for hydroxylation is 3. The summed E-state index contributed by atoms with van der Waals surface area (Å²) < 4.78 is 5.95. The Balaban J connectivity index is 0.769. The summed E-state index contributed by atoms with van der Waals surface area (Å²) in [5.74, 6) is -0.544. The van der Waals surface area contributed by atoms with Crippen LogP contribution in [0.3, 0.4) is 0 Å². The van der Waals surface area contributed by atoms with Crippen molar-refractivity contribution in [3.63, 3.8) is 0 Å². The summed E-state index contributed by atoms with van der Waals surface area (Å²) in [4.78, 5) is 57.0. The number of carbonyl (C=O) groups is 4. The number of unbranched alkanes of at least 4 members (excludes halogenated alkanes) is 4. The third-order valence-corrected chi connectivity index (χ3v) is 11.8. The fraction of sp³-hybridized carbons (Fsp3) is 0.318. The molecule has 17 heteroatoms.